The number of para-hydroxylation sites is 1. The fourth-order valence-electron chi connectivity index (χ4n) is 3.97. The van der Waals surface area contributed by atoms with Crippen molar-refractivity contribution in [3.05, 3.63) is 88.9 Å². The van der Waals surface area contributed by atoms with Crippen molar-refractivity contribution in [1.29, 1.82) is 0 Å². The van der Waals surface area contributed by atoms with E-state index in [-0.39, 0.29) is 18.4 Å². The number of hydrogen-bond acceptors (Lipinski definition) is 3. The van der Waals surface area contributed by atoms with Crippen LogP contribution in [-0.2, 0) is 16.1 Å². The number of halogens is 1. The van der Waals surface area contributed by atoms with Crippen molar-refractivity contribution in [3.8, 4) is 5.75 Å². The first-order valence-electron chi connectivity index (χ1n) is 9.32. The predicted octanol–water partition coefficient (Wildman–Crippen LogP) is 4.35. The molecule has 0 aliphatic carbocycles. The summed E-state index contributed by atoms with van der Waals surface area (Å²) in [6, 6.07) is 21.8. The SMILES string of the molecule is O=C1C(N2C(=O)COc3ccc(Cl)cc32)c2ccccc2N1Cc1ccccc1. The molecule has 5 nitrogen and oxygen atoms in total. The van der Waals surface area contributed by atoms with Gasteiger partial charge in [0.05, 0.1) is 12.2 Å². The Bertz CT molecular complexity index is 1120. The second kappa shape index (κ2) is 6.94. The van der Waals surface area contributed by atoms with Crippen molar-refractivity contribution in [2.24, 2.45) is 0 Å². The molecule has 29 heavy (non-hydrogen) atoms. The standard InChI is InChI=1S/C23H17ClN2O3/c24-16-10-11-20-19(12-16)26(21(27)14-29-20)22-17-8-4-5-9-18(17)25(23(22)28)13-15-6-2-1-3-7-15/h1-12,22H,13-14H2. The lowest BCUT2D eigenvalue weighted by molar-refractivity contribution is -0.126. The van der Waals surface area contributed by atoms with Crippen LogP contribution in [0.5, 0.6) is 5.75 Å². The third kappa shape index (κ3) is 2.95. The van der Waals surface area contributed by atoms with Crippen molar-refractivity contribution in [2.75, 3.05) is 16.4 Å². The molecule has 1 atom stereocenters. The molecule has 0 saturated heterocycles. The monoisotopic (exact) mass is 404 g/mol. The molecular formula is C23H17ClN2O3. The molecule has 0 fully saturated rings. The zero-order valence-electron chi connectivity index (χ0n) is 15.4. The fourth-order valence-corrected chi connectivity index (χ4v) is 4.14. The van der Waals surface area contributed by atoms with Gasteiger partial charge in [0.1, 0.15) is 11.8 Å². The molecule has 0 spiro atoms. The average molecular weight is 405 g/mol. The highest BCUT2D eigenvalue weighted by Gasteiger charge is 2.45. The highest BCUT2D eigenvalue weighted by Crippen LogP contribution is 2.45. The number of rotatable bonds is 3. The van der Waals surface area contributed by atoms with E-state index in [1.807, 2.05) is 54.6 Å². The van der Waals surface area contributed by atoms with Crippen LogP contribution in [0.25, 0.3) is 0 Å². The first-order valence-corrected chi connectivity index (χ1v) is 9.70. The average Bonchev–Trinajstić information content (AvgIpc) is 3.00. The summed E-state index contributed by atoms with van der Waals surface area (Å²) in [6.45, 7) is 0.327. The first-order chi connectivity index (χ1) is 14.1. The maximum absolute atomic E-state index is 13.6. The van der Waals surface area contributed by atoms with Crippen LogP contribution in [0.15, 0.2) is 72.8 Å². The minimum Gasteiger partial charge on any atom is -0.482 e. The van der Waals surface area contributed by atoms with Crippen molar-refractivity contribution < 1.29 is 14.3 Å². The van der Waals surface area contributed by atoms with E-state index in [1.165, 1.54) is 4.90 Å². The zero-order valence-corrected chi connectivity index (χ0v) is 16.2. The van der Waals surface area contributed by atoms with E-state index in [0.717, 1.165) is 16.8 Å². The quantitative estimate of drug-likeness (QED) is 0.652. The first kappa shape index (κ1) is 17.8. The second-order valence-electron chi connectivity index (χ2n) is 7.04. The topological polar surface area (TPSA) is 49.9 Å². The Kier molecular flexibility index (Phi) is 4.25. The Balaban J connectivity index is 1.60. The van der Waals surface area contributed by atoms with E-state index in [9.17, 15) is 9.59 Å². The maximum Gasteiger partial charge on any atom is 0.266 e. The van der Waals surface area contributed by atoms with Crippen LogP contribution < -0.4 is 14.5 Å². The lowest BCUT2D eigenvalue weighted by atomic mass is 10.0. The molecule has 2 amide bonds. The van der Waals surface area contributed by atoms with E-state index < -0.39 is 6.04 Å². The Hall–Kier alpha value is -3.31. The summed E-state index contributed by atoms with van der Waals surface area (Å²) < 4.78 is 5.55. The number of benzene rings is 3. The van der Waals surface area contributed by atoms with Gasteiger partial charge in [-0.2, -0.15) is 0 Å². The van der Waals surface area contributed by atoms with Gasteiger partial charge in [-0.15, -0.1) is 0 Å². The van der Waals surface area contributed by atoms with Crippen molar-refractivity contribution in [1.82, 2.24) is 0 Å². The smallest absolute Gasteiger partial charge is 0.266 e. The summed E-state index contributed by atoms with van der Waals surface area (Å²) in [4.78, 5) is 29.7. The zero-order chi connectivity index (χ0) is 20.0. The molecule has 0 saturated carbocycles. The molecule has 6 heteroatoms. The summed E-state index contributed by atoms with van der Waals surface area (Å²) >= 11 is 6.18. The molecule has 2 heterocycles. The minimum atomic E-state index is -0.747. The van der Waals surface area contributed by atoms with Gasteiger partial charge in [-0.1, -0.05) is 60.1 Å². The number of amides is 2. The lowest BCUT2D eigenvalue weighted by Crippen LogP contribution is -2.45. The Morgan fingerprint density at radius 1 is 0.931 bits per heavy atom. The molecule has 0 N–H and O–H groups in total. The molecule has 1 unspecified atom stereocenters. The number of ether oxygens (including phenoxy) is 1. The molecule has 3 aromatic rings. The highest BCUT2D eigenvalue weighted by atomic mass is 35.5. The van der Waals surface area contributed by atoms with Gasteiger partial charge in [0, 0.05) is 16.3 Å². The van der Waals surface area contributed by atoms with E-state index in [0.29, 0.717) is 23.0 Å². The Morgan fingerprint density at radius 2 is 1.69 bits per heavy atom. The summed E-state index contributed by atoms with van der Waals surface area (Å²) in [5, 5.41) is 0.479. The number of carbonyl (C=O) groups excluding carboxylic acids is 2. The summed E-state index contributed by atoms with van der Waals surface area (Å²) in [5.74, 6) is 0.131. The Morgan fingerprint density at radius 3 is 2.52 bits per heavy atom. The predicted molar refractivity (Wildman–Crippen MR) is 111 cm³/mol. The Labute approximate surface area is 173 Å². The molecule has 2 aliphatic heterocycles. The summed E-state index contributed by atoms with van der Waals surface area (Å²) in [5.41, 5.74) is 3.15. The lowest BCUT2D eigenvalue weighted by Gasteiger charge is -2.33. The van der Waals surface area contributed by atoms with E-state index in [4.69, 9.17) is 16.3 Å². The molecule has 2 aliphatic rings. The van der Waals surface area contributed by atoms with Crippen LogP contribution >= 0.6 is 11.6 Å². The van der Waals surface area contributed by atoms with Gasteiger partial charge < -0.3 is 9.64 Å². The fraction of sp³-hybridized carbons (Fsp3) is 0.130. The number of carbonyl (C=O) groups is 2. The van der Waals surface area contributed by atoms with Gasteiger partial charge in [0.15, 0.2) is 6.61 Å². The number of fused-ring (bicyclic) bond motifs is 2. The highest BCUT2D eigenvalue weighted by molar-refractivity contribution is 6.31. The molecule has 3 aromatic carbocycles. The summed E-state index contributed by atoms with van der Waals surface area (Å²) in [6.07, 6.45) is 0. The van der Waals surface area contributed by atoms with Gasteiger partial charge in [-0.25, -0.2) is 0 Å². The van der Waals surface area contributed by atoms with Crippen molar-refractivity contribution >= 4 is 34.8 Å². The molecule has 0 aromatic heterocycles. The van der Waals surface area contributed by atoms with Gasteiger partial charge >= 0.3 is 0 Å². The van der Waals surface area contributed by atoms with Crippen LogP contribution in [0, 0.1) is 0 Å². The van der Waals surface area contributed by atoms with E-state index >= 15 is 0 Å². The summed E-state index contributed by atoms with van der Waals surface area (Å²) in [7, 11) is 0. The van der Waals surface area contributed by atoms with Gasteiger partial charge in [-0.05, 0) is 29.8 Å². The molecule has 5 rings (SSSR count). The normalized spacial score (nSPS) is 17.8. The van der Waals surface area contributed by atoms with Gasteiger partial charge in [-0.3, -0.25) is 14.5 Å². The minimum absolute atomic E-state index is 0.112. The van der Waals surface area contributed by atoms with Crippen molar-refractivity contribution in [3.63, 3.8) is 0 Å². The van der Waals surface area contributed by atoms with E-state index in [1.54, 1.807) is 23.1 Å². The number of hydrogen-bond donors (Lipinski definition) is 0. The number of nitrogens with zero attached hydrogens (tertiary/aromatic N) is 2. The maximum atomic E-state index is 13.6. The van der Waals surface area contributed by atoms with Crippen LogP contribution in [0.3, 0.4) is 0 Å². The number of anilines is 2. The molecular weight excluding hydrogens is 388 g/mol. The molecule has 144 valence electrons. The molecule has 0 bridgehead atoms. The molecule has 0 radical (unpaired) electrons. The van der Waals surface area contributed by atoms with Crippen LogP contribution in [0.4, 0.5) is 11.4 Å². The van der Waals surface area contributed by atoms with Gasteiger partial charge in [0.2, 0.25) is 0 Å². The van der Waals surface area contributed by atoms with Crippen LogP contribution in [-0.4, -0.2) is 18.4 Å². The van der Waals surface area contributed by atoms with E-state index in [2.05, 4.69) is 0 Å². The third-order valence-corrected chi connectivity index (χ3v) is 5.50. The van der Waals surface area contributed by atoms with Crippen LogP contribution in [0.2, 0.25) is 5.02 Å². The van der Waals surface area contributed by atoms with Crippen LogP contribution in [0.1, 0.15) is 17.2 Å². The third-order valence-electron chi connectivity index (χ3n) is 5.26. The van der Waals surface area contributed by atoms with Crippen molar-refractivity contribution in [2.45, 2.75) is 12.6 Å². The second-order valence-corrected chi connectivity index (χ2v) is 7.47. The largest absolute Gasteiger partial charge is 0.482 e. The van der Waals surface area contributed by atoms with Gasteiger partial charge in [0.25, 0.3) is 11.8 Å².